The lowest BCUT2D eigenvalue weighted by Gasteiger charge is -2.34. The summed E-state index contributed by atoms with van der Waals surface area (Å²) in [4.78, 5) is 0.230. The normalized spacial score (nSPS) is 22.0. The molecule has 6 heteroatoms. The van der Waals surface area contributed by atoms with Gasteiger partial charge in [-0.3, -0.25) is 0 Å². The topological polar surface area (TPSA) is 93.2 Å². The highest BCUT2D eigenvalue weighted by Gasteiger charge is 2.28. The highest BCUT2D eigenvalue weighted by atomic mass is 32.2. The maximum atomic E-state index is 12.1. The van der Waals surface area contributed by atoms with E-state index in [1.165, 1.54) is 24.3 Å². The van der Waals surface area contributed by atoms with Gasteiger partial charge >= 0.3 is 0 Å². The lowest BCUT2D eigenvalue weighted by Crippen LogP contribution is -2.36. The summed E-state index contributed by atoms with van der Waals surface area (Å²) >= 11 is 0. The molecule has 0 aromatic heterocycles. The van der Waals surface area contributed by atoms with E-state index in [0.29, 0.717) is 18.0 Å². The number of hydrogen-bond donors (Lipinski definition) is 1. The first-order chi connectivity index (χ1) is 9.55. The molecule has 1 saturated carbocycles. The van der Waals surface area contributed by atoms with Gasteiger partial charge in [-0.2, -0.15) is 5.26 Å². The Morgan fingerprint density at radius 3 is 2.50 bits per heavy atom. The molecule has 0 radical (unpaired) electrons. The summed E-state index contributed by atoms with van der Waals surface area (Å²) < 4.78 is 29.6. The zero-order valence-electron chi connectivity index (χ0n) is 11.2. The van der Waals surface area contributed by atoms with Crippen LogP contribution in [0.3, 0.4) is 0 Å². The quantitative estimate of drug-likeness (QED) is 0.847. The summed E-state index contributed by atoms with van der Waals surface area (Å²) in [6, 6.07) is 7.89. The van der Waals surface area contributed by atoms with E-state index in [1.807, 2.05) is 6.07 Å². The van der Waals surface area contributed by atoms with E-state index in [0.717, 1.165) is 12.8 Å². The van der Waals surface area contributed by atoms with Crippen LogP contribution in [0.4, 0.5) is 0 Å². The van der Waals surface area contributed by atoms with Crippen LogP contribution in [-0.4, -0.2) is 33.4 Å². The van der Waals surface area contributed by atoms with Crippen molar-refractivity contribution >= 4 is 9.84 Å². The molecule has 0 heterocycles. The van der Waals surface area contributed by atoms with Crippen molar-refractivity contribution in [3.63, 3.8) is 0 Å². The third kappa shape index (κ3) is 3.57. The molecule has 0 aliphatic heterocycles. The standard InChI is InChI=1S/C14H18N2O3S/c15-9-11-1-3-14(4-2-11)20(17,18)6-5-19-13-7-12(8-13)10-16/h1-4,12-13H,5-8,10,16H2. The molecule has 0 atom stereocenters. The van der Waals surface area contributed by atoms with Gasteiger partial charge in [0.2, 0.25) is 0 Å². The van der Waals surface area contributed by atoms with Gasteiger partial charge in [-0.15, -0.1) is 0 Å². The maximum absolute atomic E-state index is 12.1. The number of rotatable bonds is 6. The number of sulfone groups is 1. The van der Waals surface area contributed by atoms with Gasteiger partial charge in [-0.25, -0.2) is 8.42 Å². The second-order valence-electron chi connectivity index (χ2n) is 5.02. The Bertz CT molecular complexity index is 584. The molecule has 1 aromatic carbocycles. The predicted octanol–water partition coefficient (Wildman–Crippen LogP) is 1.09. The van der Waals surface area contributed by atoms with Crippen LogP contribution in [0.15, 0.2) is 29.2 Å². The average Bonchev–Trinajstić information content (AvgIpc) is 2.41. The Morgan fingerprint density at radius 2 is 1.95 bits per heavy atom. The van der Waals surface area contributed by atoms with Crippen LogP contribution in [0, 0.1) is 17.2 Å². The summed E-state index contributed by atoms with van der Waals surface area (Å²) in [5.41, 5.74) is 5.97. The summed E-state index contributed by atoms with van der Waals surface area (Å²) in [6.07, 6.45) is 2.00. The van der Waals surface area contributed by atoms with Gasteiger partial charge in [0.25, 0.3) is 0 Å². The van der Waals surface area contributed by atoms with E-state index in [-0.39, 0.29) is 23.4 Å². The van der Waals surface area contributed by atoms with Crippen LogP contribution in [0.1, 0.15) is 18.4 Å². The second-order valence-corrected chi connectivity index (χ2v) is 7.13. The Labute approximate surface area is 119 Å². The number of benzene rings is 1. The Kier molecular flexibility index (Phi) is 4.76. The Morgan fingerprint density at radius 1 is 1.30 bits per heavy atom. The van der Waals surface area contributed by atoms with E-state index in [9.17, 15) is 8.42 Å². The summed E-state index contributed by atoms with van der Waals surface area (Å²) in [5.74, 6) is 0.484. The molecule has 2 N–H and O–H groups in total. The first-order valence-electron chi connectivity index (χ1n) is 6.59. The van der Waals surface area contributed by atoms with Gasteiger partial charge in [0.15, 0.2) is 9.84 Å². The summed E-state index contributed by atoms with van der Waals surface area (Å²) in [7, 11) is -3.34. The molecular formula is C14H18N2O3S. The zero-order valence-corrected chi connectivity index (χ0v) is 12.0. The van der Waals surface area contributed by atoms with Gasteiger partial charge in [-0.05, 0) is 49.6 Å². The van der Waals surface area contributed by atoms with Crippen molar-refractivity contribution in [2.45, 2.75) is 23.8 Å². The highest BCUT2D eigenvalue weighted by Crippen LogP contribution is 2.28. The smallest absolute Gasteiger partial charge is 0.180 e. The molecule has 2 rings (SSSR count). The monoisotopic (exact) mass is 294 g/mol. The van der Waals surface area contributed by atoms with Gasteiger partial charge in [-0.1, -0.05) is 0 Å². The van der Waals surface area contributed by atoms with E-state index < -0.39 is 9.84 Å². The molecule has 0 spiro atoms. The molecular weight excluding hydrogens is 276 g/mol. The fourth-order valence-electron chi connectivity index (χ4n) is 2.18. The van der Waals surface area contributed by atoms with E-state index in [1.54, 1.807) is 0 Å². The van der Waals surface area contributed by atoms with Crippen LogP contribution >= 0.6 is 0 Å². The third-order valence-electron chi connectivity index (χ3n) is 3.57. The highest BCUT2D eigenvalue weighted by molar-refractivity contribution is 7.91. The summed E-state index contributed by atoms with van der Waals surface area (Å²) in [6.45, 7) is 0.869. The summed E-state index contributed by atoms with van der Waals surface area (Å²) in [5, 5.41) is 8.68. The van der Waals surface area contributed by atoms with Gasteiger partial charge in [0, 0.05) is 0 Å². The van der Waals surface area contributed by atoms with Crippen molar-refractivity contribution in [1.29, 1.82) is 5.26 Å². The molecule has 1 fully saturated rings. The average molecular weight is 294 g/mol. The van der Waals surface area contributed by atoms with Crippen molar-refractivity contribution in [3.8, 4) is 6.07 Å². The number of nitriles is 1. The van der Waals surface area contributed by atoms with Crippen LogP contribution in [-0.2, 0) is 14.6 Å². The van der Waals surface area contributed by atoms with E-state index in [2.05, 4.69) is 0 Å². The minimum Gasteiger partial charge on any atom is -0.377 e. The van der Waals surface area contributed by atoms with Crippen molar-refractivity contribution in [2.24, 2.45) is 11.7 Å². The maximum Gasteiger partial charge on any atom is 0.180 e. The number of hydrogen-bond acceptors (Lipinski definition) is 5. The Balaban J connectivity index is 1.83. The van der Waals surface area contributed by atoms with Gasteiger partial charge < -0.3 is 10.5 Å². The fourth-order valence-corrected chi connectivity index (χ4v) is 3.28. The van der Waals surface area contributed by atoms with Crippen molar-refractivity contribution in [3.05, 3.63) is 29.8 Å². The molecule has 20 heavy (non-hydrogen) atoms. The van der Waals surface area contributed by atoms with Crippen molar-refractivity contribution in [2.75, 3.05) is 18.9 Å². The van der Waals surface area contributed by atoms with Crippen LogP contribution in [0.5, 0.6) is 0 Å². The largest absolute Gasteiger partial charge is 0.377 e. The van der Waals surface area contributed by atoms with Gasteiger partial charge in [0.1, 0.15) is 0 Å². The molecule has 1 aliphatic rings. The minimum absolute atomic E-state index is 0.0390. The SMILES string of the molecule is N#Cc1ccc(S(=O)(=O)CCOC2CC(CN)C2)cc1. The minimum atomic E-state index is -3.34. The van der Waals surface area contributed by atoms with E-state index >= 15 is 0 Å². The molecule has 0 bridgehead atoms. The van der Waals surface area contributed by atoms with E-state index in [4.69, 9.17) is 15.7 Å². The van der Waals surface area contributed by atoms with Crippen LogP contribution in [0.2, 0.25) is 0 Å². The Hall–Kier alpha value is -1.42. The second kappa shape index (κ2) is 6.35. The molecule has 1 aliphatic carbocycles. The fraction of sp³-hybridized carbons (Fsp3) is 0.500. The molecule has 0 amide bonds. The zero-order chi connectivity index (χ0) is 14.6. The molecule has 1 aromatic rings. The number of nitrogens with two attached hydrogens (primary N) is 1. The van der Waals surface area contributed by atoms with Crippen LogP contribution < -0.4 is 5.73 Å². The third-order valence-corrected chi connectivity index (χ3v) is 5.27. The van der Waals surface area contributed by atoms with Gasteiger partial charge in [0.05, 0.1) is 35.0 Å². The lowest BCUT2D eigenvalue weighted by atomic mass is 9.82. The lowest BCUT2D eigenvalue weighted by molar-refractivity contribution is -0.0207. The molecule has 0 saturated heterocycles. The first-order valence-corrected chi connectivity index (χ1v) is 8.25. The predicted molar refractivity (Wildman–Crippen MR) is 74.7 cm³/mol. The molecule has 0 unspecified atom stereocenters. The molecule has 5 nitrogen and oxygen atoms in total. The first kappa shape index (κ1) is 15.0. The van der Waals surface area contributed by atoms with Crippen LogP contribution in [0.25, 0.3) is 0 Å². The number of ether oxygens (including phenoxy) is 1. The number of nitrogens with zero attached hydrogens (tertiary/aromatic N) is 1. The van der Waals surface area contributed by atoms with Crippen molar-refractivity contribution < 1.29 is 13.2 Å². The van der Waals surface area contributed by atoms with Crippen molar-refractivity contribution in [1.82, 2.24) is 0 Å². The molecule has 108 valence electrons.